The summed E-state index contributed by atoms with van der Waals surface area (Å²) >= 11 is 6.84. The molecule has 1 aliphatic heterocycles. The summed E-state index contributed by atoms with van der Waals surface area (Å²) in [6.45, 7) is -0.664. The maximum Gasteiger partial charge on any atom is 0.259 e. The van der Waals surface area contributed by atoms with E-state index in [1.807, 2.05) is 0 Å². The van der Waals surface area contributed by atoms with E-state index in [0.717, 1.165) is 16.8 Å². The number of carbonyl (C=O) groups is 1. The first-order chi connectivity index (χ1) is 19.5. The lowest BCUT2D eigenvalue weighted by Gasteiger charge is -2.47. The SMILES string of the molecule is CO[C@@H]1[C@@H](n2cc(-c3cc(F)c(F)c(F)c3)nn2)[C@@H](O)[C@@H](CO)O[C@H]1C(=O)N(c1cc(Br)cc(Br)c1)[C@H]1CC[C@@H]1O. The van der Waals surface area contributed by atoms with Crippen molar-refractivity contribution in [1.82, 2.24) is 15.0 Å². The van der Waals surface area contributed by atoms with Crippen molar-refractivity contribution >= 4 is 43.5 Å². The van der Waals surface area contributed by atoms with Crippen LogP contribution in [0.4, 0.5) is 18.9 Å². The number of aliphatic hydroxyl groups excluding tert-OH is 3. The van der Waals surface area contributed by atoms with Crippen LogP contribution in [0.3, 0.4) is 0 Å². The Morgan fingerprint density at radius 1 is 1.12 bits per heavy atom. The lowest BCUT2D eigenvalue weighted by Crippen LogP contribution is -2.64. The highest BCUT2D eigenvalue weighted by Gasteiger charge is 2.52. The molecule has 1 saturated carbocycles. The Bertz CT molecular complexity index is 1400. The monoisotopic (exact) mass is 704 g/mol. The highest BCUT2D eigenvalue weighted by atomic mass is 79.9. The minimum Gasteiger partial charge on any atom is -0.394 e. The number of halogens is 5. The number of ether oxygens (including phenoxy) is 2. The van der Waals surface area contributed by atoms with Gasteiger partial charge in [-0.3, -0.25) is 4.79 Å². The Labute approximate surface area is 248 Å². The Kier molecular flexibility index (Phi) is 8.85. The highest BCUT2D eigenvalue weighted by Crippen LogP contribution is 2.38. The van der Waals surface area contributed by atoms with Gasteiger partial charge in [-0.25, -0.2) is 17.9 Å². The second-order valence-corrected chi connectivity index (χ2v) is 11.7. The summed E-state index contributed by atoms with van der Waals surface area (Å²) in [5.41, 5.74) is 0.308. The number of aliphatic hydroxyl groups is 3. The van der Waals surface area contributed by atoms with Crippen LogP contribution in [0.2, 0.25) is 0 Å². The second-order valence-electron chi connectivity index (χ2n) is 9.84. The molecule has 2 heterocycles. The molecule has 1 aliphatic carbocycles. The Hall–Kier alpha value is -2.40. The topological polar surface area (TPSA) is 130 Å². The van der Waals surface area contributed by atoms with Gasteiger partial charge in [0, 0.05) is 27.3 Å². The first-order valence-electron chi connectivity index (χ1n) is 12.5. The van der Waals surface area contributed by atoms with E-state index in [0.29, 0.717) is 27.5 Å². The van der Waals surface area contributed by atoms with Gasteiger partial charge in [-0.05, 0) is 43.2 Å². The third-order valence-corrected chi connectivity index (χ3v) is 8.29. The Balaban J connectivity index is 1.53. The van der Waals surface area contributed by atoms with Crippen molar-refractivity contribution in [3.8, 4) is 11.3 Å². The van der Waals surface area contributed by atoms with Gasteiger partial charge in [-0.1, -0.05) is 37.1 Å². The van der Waals surface area contributed by atoms with E-state index in [2.05, 4.69) is 42.2 Å². The maximum atomic E-state index is 14.2. The molecule has 220 valence electrons. The summed E-state index contributed by atoms with van der Waals surface area (Å²) in [5.74, 6) is -5.06. The molecule has 5 rings (SSSR count). The van der Waals surface area contributed by atoms with Crippen LogP contribution in [-0.4, -0.2) is 86.5 Å². The zero-order valence-corrected chi connectivity index (χ0v) is 24.5. The molecule has 2 aromatic carbocycles. The summed E-state index contributed by atoms with van der Waals surface area (Å²) in [4.78, 5) is 15.6. The minimum atomic E-state index is -1.63. The number of rotatable bonds is 7. The van der Waals surface area contributed by atoms with Gasteiger partial charge in [-0.15, -0.1) is 5.10 Å². The molecule has 15 heteroatoms. The van der Waals surface area contributed by atoms with E-state index in [4.69, 9.17) is 9.47 Å². The quantitative estimate of drug-likeness (QED) is 0.320. The predicted molar refractivity (Wildman–Crippen MR) is 145 cm³/mol. The molecule has 1 aromatic heterocycles. The van der Waals surface area contributed by atoms with Crippen LogP contribution in [0.25, 0.3) is 11.3 Å². The number of hydrogen-bond donors (Lipinski definition) is 3. The number of methoxy groups -OCH3 is 1. The Morgan fingerprint density at radius 2 is 1.78 bits per heavy atom. The van der Waals surface area contributed by atoms with Gasteiger partial charge in [0.1, 0.15) is 30.0 Å². The molecule has 0 bridgehead atoms. The highest BCUT2D eigenvalue weighted by molar-refractivity contribution is 9.11. The number of hydrogen-bond acceptors (Lipinski definition) is 8. The van der Waals surface area contributed by atoms with Gasteiger partial charge >= 0.3 is 0 Å². The molecular weight excluding hydrogens is 681 g/mol. The molecule has 0 spiro atoms. The van der Waals surface area contributed by atoms with Crippen LogP contribution >= 0.6 is 31.9 Å². The first kappa shape index (κ1) is 30.1. The van der Waals surface area contributed by atoms with Gasteiger partial charge in [0.2, 0.25) is 0 Å². The molecule has 3 aromatic rings. The van der Waals surface area contributed by atoms with Crippen LogP contribution in [-0.2, 0) is 14.3 Å². The molecule has 10 nitrogen and oxygen atoms in total. The zero-order chi connectivity index (χ0) is 29.6. The number of aromatic nitrogens is 3. The van der Waals surface area contributed by atoms with E-state index in [1.54, 1.807) is 18.2 Å². The fourth-order valence-electron chi connectivity index (χ4n) is 5.18. The van der Waals surface area contributed by atoms with Gasteiger partial charge in [0.25, 0.3) is 5.91 Å². The molecule has 1 amide bonds. The molecule has 1 saturated heterocycles. The molecule has 2 fully saturated rings. The van der Waals surface area contributed by atoms with Crippen molar-refractivity contribution in [1.29, 1.82) is 0 Å². The van der Waals surface area contributed by atoms with Gasteiger partial charge in [0.15, 0.2) is 23.6 Å². The fraction of sp³-hybridized carbons (Fsp3) is 0.423. The number of benzene rings is 2. The van der Waals surface area contributed by atoms with Crippen LogP contribution in [0.15, 0.2) is 45.5 Å². The van der Waals surface area contributed by atoms with Crippen molar-refractivity contribution < 1.29 is 42.8 Å². The lowest BCUT2D eigenvalue weighted by molar-refractivity contribution is -0.211. The Morgan fingerprint density at radius 3 is 2.32 bits per heavy atom. The van der Waals surface area contributed by atoms with E-state index in [1.165, 1.54) is 18.2 Å². The zero-order valence-electron chi connectivity index (χ0n) is 21.4. The summed E-state index contributed by atoms with van der Waals surface area (Å²) in [6, 6.07) is 4.98. The van der Waals surface area contributed by atoms with E-state index >= 15 is 0 Å². The number of nitrogens with zero attached hydrogens (tertiary/aromatic N) is 4. The molecule has 0 radical (unpaired) electrons. The van der Waals surface area contributed by atoms with Crippen molar-refractivity contribution in [2.45, 2.75) is 55.4 Å². The normalized spacial score (nSPS) is 27.9. The maximum absolute atomic E-state index is 14.2. The van der Waals surface area contributed by atoms with Crippen LogP contribution < -0.4 is 4.90 Å². The largest absolute Gasteiger partial charge is 0.394 e. The summed E-state index contributed by atoms with van der Waals surface area (Å²) in [7, 11) is 1.30. The molecule has 0 unspecified atom stereocenters. The summed E-state index contributed by atoms with van der Waals surface area (Å²) in [6.07, 6.45) is -3.79. The van der Waals surface area contributed by atoms with E-state index in [9.17, 15) is 33.3 Å². The van der Waals surface area contributed by atoms with Crippen molar-refractivity contribution in [2.24, 2.45) is 0 Å². The third-order valence-electron chi connectivity index (χ3n) is 7.37. The molecule has 2 aliphatic rings. The minimum absolute atomic E-state index is 0.0435. The third kappa shape index (κ3) is 5.68. The van der Waals surface area contributed by atoms with Crippen molar-refractivity contribution in [2.75, 3.05) is 18.6 Å². The summed E-state index contributed by atoms with van der Waals surface area (Å²) < 4.78 is 55.2. The van der Waals surface area contributed by atoms with Crippen molar-refractivity contribution in [3.63, 3.8) is 0 Å². The lowest BCUT2D eigenvalue weighted by atomic mass is 9.85. The predicted octanol–water partition coefficient (Wildman–Crippen LogP) is 3.12. The summed E-state index contributed by atoms with van der Waals surface area (Å²) in [5, 5.41) is 39.6. The van der Waals surface area contributed by atoms with Crippen molar-refractivity contribution in [3.05, 3.63) is 62.9 Å². The average molecular weight is 706 g/mol. The molecule has 41 heavy (non-hydrogen) atoms. The average Bonchev–Trinajstić information content (AvgIpc) is 3.42. The standard InChI is InChI=1S/C26H25Br2F3N4O6/c1-40-24-22(34-9-17(32-33-34)11-4-15(29)21(31)16(30)5-11)23(38)20(10-36)41-25(24)26(39)35(18-2-3-19(18)37)14-7-12(27)6-13(28)8-14/h4-9,18-20,22-25,36-38H,2-3,10H2,1H3/t18-,19-,20+,22-,23-,24+,25+/m0/s1. The van der Waals surface area contributed by atoms with Gasteiger partial charge in [-0.2, -0.15) is 0 Å². The van der Waals surface area contributed by atoms with E-state index in [-0.39, 0.29) is 11.3 Å². The second kappa shape index (κ2) is 12.1. The van der Waals surface area contributed by atoms with Gasteiger partial charge in [0.05, 0.1) is 24.9 Å². The molecular formula is C26H25Br2F3N4O6. The van der Waals surface area contributed by atoms with Gasteiger partial charge < -0.3 is 29.7 Å². The fourth-order valence-corrected chi connectivity index (χ4v) is 6.45. The molecule has 7 atom stereocenters. The van der Waals surface area contributed by atoms with Crippen LogP contribution in [0.1, 0.15) is 18.9 Å². The van der Waals surface area contributed by atoms with Crippen LogP contribution in [0.5, 0.6) is 0 Å². The number of amides is 1. The number of carbonyl (C=O) groups excluding carboxylic acids is 1. The van der Waals surface area contributed by atoms with Crippen LogP contribution in [0, 0.1) is 17.5 Å². The smallest absolute Gasteiger partial charge is 0.259 e. The number of anilines is 1. The first-order valence-corrected chi connectivity index (χ1v) is 14.1. The van der Waals surface area contributed by atoms with E-state index < -0.39 is 72.6 Å². The molecule has 3 N–H and O–H groups in total.